The molecule has 4 nitrogen and oxygen atoms in total. The first-order valence-corrected chi connectivity index (χ1v) is 8.80. The molecule has 2 atom stereocenters. The van der Waals surface area contributed by atoms with Gasteiger partial charge in [-0.05, 0) is 51.6 Å². The molecule has 1 rings (SSSR count). The van der Waals surface area contributed by atoms with Gasteiger partial charge in [-0.1, -0.05) is 27.2 Å². The lowest BCUT2D eigenvalue weighted by molar-refractivity contribution is 0.203. The van der Waals surface area contributed by atoms with E-state index in [4.69, 9.17) is 4.99 Å². The van der Waals surface area contributed by atoms with Crippen LogP contribution in [0, 0.1) is 11.8 Å². The second-order valence-electron chi connectivity index (χ2n) is 6.86. The average molecular weight is 424 g/mol. The number of rotatable bonds is 7. The number of halogens is 1. The van der Waals surface area contributed by atoms with Crippen LogP contribution in [0.4, 0.5) is 0 Å². The van der Waals surface area contributed by atoms with Crippen LogP contribution in [-0.2, 0) is 0 Å². The van der Waals surface area contributed by atoms with Gasteiger partial charge in [0.15, 0.2) is 5.96 Å². The van der Waals surface area contributed by atoms with Crippen molar-refractivity contribution in [1.29, 1.82) is 0 Å². The van der Waals surface area contributed by atoms with E-state index < -0.39 is 0 Å². The fourth-order valence-corrected chi connectivity index (χ4v) is 2.59. The number of hydrogen-bond donors (Lipinski definition) is 2. The summed E-state index contributed by atoms with van der Waals surface area (Å²) < 4.78 is 0. The minimum atomic E-state index is 0. The molecule has 5 heteroatoms. The van der Waals surface area contributed by atoms with Crippen LogP contribution in [-0.4, -0.2) is 49.6 Å². The lowest BCUT2D eigenvalue weighted by Gasteiger charge is -2.28. The second-order valence-corrected chi connectivity index (χ2v) is 6.86. The van der Waals surface area contributed by atoms with E-state index >= 15 is 0 Å². The molecule has 22 heavy (non-hydrogen) atoms. The number of aliphatic imine (C=N–C) groups is 1. The molecule has 0 amide bonds. The molecule has 0 spiro atoms. The maximum atomic E-state index is 4.77. The van der Waals surface area contributed by atoms with Crippen LogP contribution < -0.4 is 10.6 Å². The van der Waals surface area contributed by atoms with E-state index in [0.717, 1.165) is 19.0 Å². The number of hydrogen-bond acceptors (Lipinski definition) is 2. The Kier molecular flexibility index (Phi) is 12.4. The van der Waals surface area contributed by atoms with Crippen molar-refractivity contribution in [2.75, 3.05) is 32.7 Å². The van der Waals surface area contributed by atoms with Crippen molar-refractivity contribution in [3.63, 3.8) is 0 Å². The minimum Gasteiger partial charge on any atom is -0.357 e. The van der Waals surface area contributed by atoms with Crippen molar-refractivity contribution in [3.8, 4) is 0 Å². The van der Waals surface area contributed by atoms with E-state index in [1.54, 1.807) is 0 Å². The fraction of sp³-hybridized carbons (Fsp3) is 0.941. The van der Waals surface area contributed by atoms with E-state index in [9.17, 15) is 0 Å². The summed E-state index contributed by atoms with van der Waals surface area (Å²) in [6.07, 6.45) is 4.14. The van der Waals surface area contributed by atoms with Crippen molar-refractivity contribution >= 4 is 29.9 Å². The van der Waals surface area contributed by atoms with Crippen molar-refractivity contribution in [2.24, 2.45) is 16.8 Å². The molecule has 1 heterocycles. The molecule has 2 N–H and O–H groups in total. The van der Waals surface area contributed by atoms with Crippen molar-refractivity contribution in [2.45, 2.75) is 59.9 Å². The molecular formula is C17H37IN4. The molecule has 1 aliphatic rings. The highest BCUT2D eigenvalue weighted by atomic mass is 127. The van der Waals surface area contributed by atoms with Gasteiger partial charge in [-0.2, -0.15) is 0 Å². The Bertz CT molecular complexity index is 301. The van der Waals surface area contributed by atoms with Gasteiger partial charge in [-0.15, -0.1) is 24.0 Å². The lowest BCUT2D eigenvalue weighted by atomic mass is 10.1. The zero-order valence-electron chi connectivity index (χ0n) is 15.2. The second kappa shape index (κ2) is 12.4. The topological polar surface area (TPSA) is 39.7 Å². The summed E-state index contributed by atoms with van der Waals surface area (Å²) in [6.45, 7) is 16.7. The molecule has 1 aliphatic heterocycles. The van der Waals surface area contributed by atoms with Crippen LogP contribution in [0.2, 0.25) is 0 Å². The van der Waals surface area contributed by atoms with Gasteiger partial charge >= 0.3 is 0 Å². The van der Waals surface area contributed by atoms with Crippen LogP contribution >= 0.6 is 24.0 Å². The summed E-state index contributed by atoms with van der Waals surface area (Å²) >= 11 is 0. The fourth-order valence-electron chi connectivity index (χ4n) is 2.59. The highest BCUT2D eigenvalue weighted by Gasteiger charge is 2.14. The van der Waals surface area contributed by atoms with Crippen LogP contribution in [0.5, 0.6) is 0 Å². The number of likely N-dealkylation sites (tertiary alicyclic amines) is 1. The highest BCUT2D eigenvalue weighted by Crippen LogP contribution is 2.11. The van der Waals surface area contributed by atoms with Gasteiger partial charge in [-0.25, -0.2) is 0 Å². The predicted octanol–water partition coefficient (Wildman–Crippen LogP) is 3.33. The monoisotopic (exact) mass is 424 g/mol. The zero-order chi connectivity index (χ0) is 15.7. The summed E-state index contributed by atoms with van der Waals surface area (Å²) in [5.74, 6) is 2.19. The lowest BCUT2D eigenvalue weighted by Crippen LogP contribution is -2.44. The molecule has 0 aromatic heterocycles. The smallest absolute Gasteiger partial charge is 0.191 e. The van der Waals surface area contributed by atoms with Gasteiger partial charge in [0.2, 0.25) is 0 Å². The van der Waals surface area contributed by atoms with Gasteiger partial charge in [0, 0.05) is 25.7 Å². The molecule has 0 aromatic carbocycles. The normalized spacial score (nSPS) is 19.5. The minimum absolute atomic E-state index is 0. The first-order chi connectivity index (χ1) is 10.0. The Balaban J connectivity index is 0.00000441. The van der Waals surface area contributed by atoms with Gasteiger partial charge < -0.3 is 15.5 Å². The van der Waals surface area contributed by atoms with E-state index in [1.807, 2.05) is 0 Å². The van der Waals surface area contributed by atoms with Crippen LogP contribution in [0.25, 0.3) is 0 Å². The van der Waals surface area contributed by atoms with Gasteiger partial charge in [0.05, 0.1) is 0 Å². The van der Waals surface area contributed by atoms with Crippen molar-refractivity contribution in [1.82, 2.24) is 15.5 Å². The maximum Gasteiger partial charge on any atom is 0.191 e. The number of nitrogens with zero attached hydrogens (tertiary/aromatic N) is 2. The van der Waals surface area contributed by atoms with Gasteiger partial charge in [0.1, 0.15) is 0 Å². The van der Waals surface area contributed by atoms with Crippen molar-refractivity contribution in [3.05, 3.63) is 0 Å². The molecule has 132 valence electrons. The zero-order valence-corrected chi connectivity index (χ0v) is 17.5. The van der Waals surface area contributed by atoms with Gasteiger partial charge in [-0.3, -0.25) is 4.99 Å². The Morgan fingerprint density at radius 3 is 2.27 bits per heavy atom. The summed E-state index contributed by atoms with van der Waals surface area (Å²) in [4.78, 5) is 7.37. The third kappa shape index (κ3) is 9.18. The summed E-state index contributed by atoms with van der Waals surface area (Å²) in [5, 5.41) is 6.85. The van der Waals surface area contributed by atoms with Gasteiger partial charge in [0.25, 0.3) is 0 Å². The molecule has 0 aliphatic carbocycles. The SMILES string of the molecule is CCNC(=NCC(C)CN1CCCCC1)NC(C)C(C)C.I. The molecule has 1 fully saturated rings. The first kappa shape index (κ1) is 22.0. The first-order valence-electron chi connectivity index (χ1n) is 8.80. The Morgan fingerprint density at radius 1 is 1.09 bits per heavy atom. The highest BCUT2D eigenvalue weighted by molar-refractivity contribution is 14.0. The molecule has 0 aromatic rings. The summed E-state index contributed by atoms with van der Waals surface area (Å²) in [7, 11) is 0. The standard InChI is InChI=1S/C17H36N4.HI/c1-6-18-17(20-16(5)14(2)3)19-12-15(4)13-21-10-8-7-9-11-21;/h14-16H,6-13H2,1-5H3,(H2,18,19,20);1H. The molecule has 2 unspecified atom stereocenters. The maximum absolute atomic E-state index is 4.77. The third-order valence-electron chi connectivity index (χ3n) is 4.29. The van der Waals surface area contributed by atoms with Crippen molar-refractivity contribution < 1.29 is 0 Å². The Labute approximate surface area is 154 Å². The molecular weight excluding hydrogens is 387 g/mol. The molecule has 0 bridgehead atoms. The van der Waals surface area contributed by atoms with E-state index in [1.165, 1.54) is 38.9 Å². The predicted molar refractivity (Wildman–Crippen MR) is 108 cm³/mol. The van der Waals surface area contributed by atoms with E-state index in [0.29, 0.717) is 17.9 Å². The molecule has 1 saturated heterocycles. The number of guanidine groups is 1. The number of nitrogens with one attached hydrogen (secondary N) is 2. The van der Waals surface area contributed by atoms with E-state index in [-0.39, 0.29) is 24.0 Å². The van der Waals surface area contributed by atoms with Crippen LogP contribution in [0.3, 0.4) is 0 Å². The Hall–Kier alpha value is -0.0400. The largest absolute Gasteiger partial charge is 0.357 e. The molecule has 0 radical (unpaired) electrons. The average Bonchev–Trinajstić information content (AvgIpc) is 2.46. The quantitative estimate of drug-likeness (QED) is 0.374. The molecule has 0 saturated carbocycles. The van der Waals surface area contributed by atoms with Crippen LogP contribution in [0.15, 0.2) is 4.99 Å². The van der Waals surface area contributed by atoms with E-state index in [2.05, 4.69) is 50.2 Å². The summed E-state index contributed by atoms with van der Waals surface area (Å²) in [6, 6.07) is 0.445. The van der Waals surface area contributed by atoms with Crippen LogP contribution in [0.1, 0.15) is 53.9 Å². The number of piperidine rings is 1. The Morgan fingerprint density at radius 2 is 1.73 bits per heavy atom. The summed E-state index contributed by atoms with van der Waals surface area (Å²) in [5.41, 5.74) is 0. The third-order valence-corrected chi connectivity index (χ3v) is 4.29.